The number of aryl methyl sites for hydroxylation is 1. The quantitative estimate of drug-likeness (QED) is 0.780. The van der Waals surface area contributed by atoms with E-state index in [9.17, 15) is 4.79 Å². The molecular formula is C17H18O3S. The van der Waals surface area contributed by atoms with Gasteiger partial charge in [0.25, 0.3) is 0 Å². The lowest BCUT2D eigenvalue weighted by Gasteiger charge is -2.08. The van der Waals surface area contributed by atoms with Gasteiger partial charge < -0.3 is 9.47 Å². The van der Waals surface area contributed by atoms with Crippen LogP contribution in [0.25, 0.3) is 0 Å². The highest BCUT2D eigenvalue weighted by molar-refractivity contribution is 7.09. The topological polar surface area (TPSA) is 35.5 Å². The Kier molecular flexibility index (Phi) is 4.55. The molecule has 1 aromatic heterocycles. The van der Waals surface area contributed by atoms with Crippen LogP contribution in [0.15, 0.2) is 35.7 Å². The average molecular weight is 302 g/mol. The van der Waals surface area contributed by atoms with Gasteiger partial charge in [-0.15, -0.1) is 11.3 Å². The number of hydrogen-bond donors (Lipinski definition) is 0. The summed E-state index contributed by atoms with van der Waals surface area (Å²) in [5, 5.41) is 2.07. The molecule has 0 aliphatic carbocycles. The summed E-state index contributed by atoms with van der Waals surface area (Å²) < 4.78 is 11.2. The first-order valence-corrected chi connectivity index (χ1v) is 8.16. The van der Waals surface area contributed by atoms with Crippen molar-refractivity contribution >= 4 is 17.1 Å². The van der Waals surface area contributed by atoms with E-state index < -0.39 is 0 Å². The van der Waals surface area contributed by atoms with Crippen molar-refractivity contribution in [3.05, 3.63) is 46.2 Å². The molecule has 1 aromatic carbocycles. The number of carbonyl (C=O) groups is 1. The highest BCUT2D eigenvalue weighted by Crippen LogP contribution is 2.30. The minimum Gasteiger partial charge on any atom is -0.490 e. The van der Waals surface area contributed by atoms with Crippen LogP contribution in [-0.2, 0) is 6.42 Å². The van der Waals surface area contributed by atoms with Crippen LogP contribution >= 0.6 is 11.3 Å². The molecule has 0 amide bonds. The van der Waals surface area contributed by atoms with Crippen molar-refractivity contribution in [1.29, 1.82) is 0 Å². The van der Waals surface area contributed by atoms with E-state index in [-0.39, 0.29) is 5.78 Å². The van der Waals surface area contributed by atoms with E-state index >= 15 is 0 Å². The fourth-order valence-corrected chi connectivity index (χ4v) is 3.11. The molecule has 2 heterocycles. The summed E-state index contributed by atoms with van der Waals surface area (Å²) in [4.78, 5) is 13.6. The first-order valence-electron chi connectivity index (χ1n) is 7.28. The Morgan fingerprint density at radius 2 is 2.00 bits per heavy atom. The number of ether oxygens (including phenoxy) is 2. The standard InChI is InChI=1S/C17H18O3S/c18-15(6-1-4-14-5-2-11-21-14)13-7-8-16-17(12-13)20-10-3-9-19-16/h2,5,7-8,11-12H,1,3-4,6,9-10H2. The monoisotopic (exact) mass is 302 g/mol. The first kappa shape index (κ1) is 14.1. The minimum atomic E-state index is 0.169. The van der Waals surface area contributed by atoms with Gasteiger partial charge in [0.15, 0.2) is 17.3 Å². The summed E-state index contributed by atoms with van der Waals surface area (Å²) in [6.07, 6.45) is 3.29. The molecule has 110 valence electrons. The van der Waals surface area contributed by atoms with Gasteiger partial charge in [-0.25, -0.2) is 0 Å². The average Bonchev–Trinajstić information content (AvgIpc) is 2.90. The zero-order valence-electron chi connectivity index (χ0n) is 11.8. The van der Waals surface area contributed by atoms with Crippen LogP contribution in [0.1, 0.15) is 34.5 Å². The fourth-order valence-electron chi connectivity index (χ4n) is 2.36. The Morgan fingerprint density at radius 1 is 1.14 bits per heavy atom. The van der Waals surface area contributed by atoms with Crippen molar-refractivity contribution in [2.24, 2.45) is 0 Å². The van der Waals surface area contributed by atoms with Crippen molar-refractivity contribution < 1.29 is 14.3 Å². The van der Waals surface area contributed by atoms with Gasteiger partial charge >= 0.3 is 0 Å². The summed E-state index contributed by atoms with van der Waals surface area (Å²) in [5.41, 5.74) is 0.713. The SMILES string of the molecule is O=C(CCCc1cccs1)c1ccc2c(c1)OCCCO2. The molecule has 0 spiro atoms. The van der Waals surface area contributed by atoms with Gasteiger partial charge in [-0.05, 0) is 42.5 Å². The van der Waals surface area contributed by atoms with Gasteiger partial charge in [0.05, 0.1) is 13.2 Å². The van der Waals surface area contributed by atoms with Gasteiger partial charge in [-0.3, -0.25) is 4.79 Å². The highest BCUT2D eigenvalue weighted by Gasteiger charge is 2.14. The molecule has 1 aliphatic rings. The molecule has 4 heteroatoms. The maximum absolute atomic E-state index is 12.3. The van der Waals surface area contributed by atoms with Crippen molar-refractivity contribution in [3.63, 3.8) is 0 Å². The summed E-state index contributed by atoms with van der Waals surface area (Å²) in [6.45, 7) is 1.31. The van der Waals surface area contributed by atoms with Crippen molar-refractivity contribution in [3.8, 4) is 11.5 Å². The Bertz CT molecular complexity index is 605. The third-order valence-corrected chi connectivity index (χ3v) is 4.41. The number of fused-ring (bicyclic) bond motifs is 1. The van der Waals surface area contributed by atoms with Crippen LogP contribution in [0.4, 0.5) is 0 Å². The van der Waals surface area contributed by atoms with Crippen molar-refractivity contribution in [2.75, 3.05) is 13.2 Å². The van der Waals surface area contributed by atoms with Gasteiger partial charge in [0.1, 0.15) is 0 Å². The molecule has 1 aliphatic heterocycles. The van der Waals surface area contributed by atoms with Crippen molar-refractivity contribution in [2.45, 2.75) is 25.7 Å². The number of Topliss-reactive ketones (excluding diaryl/α,β-unsaturated/α-hetero) is 1. The van der Waals surface area contributed by atoms with Crippen molar-refractivity contribution in [1.82, 2.24) is 0 Å². The Labute approximate surface area is 128 Å². The Morgan fingerprint density at radius 3 is 2.81 bits per heavy atom. The molecule has 21 heavy (non-hydrogen) atoms. The van der Waals surface area contributed by atoms with Gasteiger partial charge in [-0.2, -0.15) is 0 Å². The second kappa shape index (κ2) is 6.76. The number of thiophene rings is 1. The molecule has 0 N–H and O–H groups in total. The number of rotatable bonds is 5. The van der Waals surface area contributed by atoms with Gasteiger partial charge in [0.2, 0.25) is 0 Å². The highest BCUT2D eigenvalue weighted by atomic mass is 32.1. The van der Waals surface area contributed by atoms with E-state index in [2.05, 4.69) is 11.4 Å². The molecule has 0 saturated carbocycles. The lowest BCUT2D eigenvalue weighted by atomic mass is 10.0. The fraction of sp³-hybridized carbons (Fsp3) is 0.353. The molecule has 0 bridgehead atoms. The van der Waals surface area contributed by atoms with Crippen LogP contribution < -0.4 is 9.47 Å². The first-order chi connectivity index (χ1) is 10.3. The third kappa shape index (κ3) is 3.64. The summed E-state index contributed by atoms with van der Waals surface area (Å²) in [6, 6.07) is 9.65. The maximum Gasteiger partial charge on any atom is 0.163 e. The van der Waals surface area contributed by atoms with E-state index in [1.54, 1.807) is 11.3 Å². The normalized spacial score (nSPS) is 13.7. The van der Waals surface area contributed by atoms with Crippen LogP contribution in [0.5, 0.6) is 11.5 Å². The van der Waals surface area contributed by atoms with E-state index in [0.717, 1.165) is 25.0 Å². The van der Waals surface area contributed by atoms with Crippen LogP contribution in [0, 0.1) is 0 Å². The smallest absolute Gasteiger partial charge is 0.163 e. The molecule has 0 fully saturated rings. The molecule has 0 saturated heterocycles. The van der Waals surface area contributed by atoms with E-state index in [0.29, 0.717) is 30.9 Å². The van der Waals surface area contributed by atoms with E-state index in [1.165, 1.54) is 4.88 Å². The van der Waals surface area contributed by atoms with Crippen LogP contribution in [-0.4, -0.2) is 19.0 Å². The lowest BCUT2D eigenvalue weighted by Crippen LogP contribution is -2.01. The second-order valence-corrected chi connectivity index (χ2v) is 6.10. The third-order valence-electron chi connectivity index (χ3n) is 3.48. The van der Waals surface area contributed by atoms with Crippen LogP contribution in [0.3, 0.4) is 0 Å². The predicted molar refractivity (Wildman–Crippen MR) is 83.6 cm³/mol. The number of benzene rings is 1. The minimum absolute atomic E-state index is 0.169. The van der Waals surface area contributed by atoms with E-state index in [4.69, 9.17) is 9.47 Å². The van der Waals surface area contributed by atoms with Crippen LogP contribution in [0.2, 0.25) is 0 Å². The molecule has 0 radical (unpaired) electrons. The second-order valence-electron chi connectivity index (χ2n) is 5.07. The van der Waals surface area contributed by atoms with E-state index in [1.807, 2.05) is 24.3 Å². The largest absolute Gasteiger partial charge is 0.490 e. The molecule has 0 atom stereocenters. The van der Waals surface area contributed by atoms with Gasteiger partial charge in [-0.1, -0.05) is 6.07 Å². The zero-order chi connectivity index (χ0) is 14.5. The lowest BCUT2D eigenvalue weighted by molar-refractivity contribution is 0.0980. The Balaban J connectivity index is 1.60. The number of carbonyl (C=O) groups excluding carboxylic acids is 1. The predicted octanol–water partition coefficient (Wildman–Crippen LogP) is 4.12. The molecule has 0 unspecified atom stereocenters. The molecular weight excluding hydrogens is 284 g/mol. The molecule has 3 rings (SSSR count). The number of hydrogen-bond acceptors (Lipinski definition) is 4. The Hall–Kier alpha value is -1.81. The zero-order valence-corrected chi connectivity index (χ0v) is 12.7. The molecule has 2 aromatic rings. The summed E-state index contributed by atoms with van der Waals surface area (Å²) in [7, 11) is 0. The maximum atomic E-state index is 12.3. The van der Waals surface area contributed by atoms with Gasteiger partial charge in [0, 0.05) is 23.3 Å². The summed E-state index contributed by atoms with van der Waals surface area (Å²) >= 11 is 1.74. The number of ketones is 1. The summed E-state index contributed by atoms with van der Waals surface area (Å²) in [5.74, 6) is 1.60. The molecule has 3 nitrogen and oxygen atoms in total.